The molecular formula is C35H62O3. The number of Topliss-reactive ketones (excluding diaryl/α,β-unsaturated/α-hetero) is 1. The fourth-order valence-electron chi connectivity index (χ4n) is 10.5. The van der Waals surface area contributed by atoms with Crippen molar-refractivity contribution < 1.29 is 14.3 Å². The molecule has 0 spiro atoms. The van der Waals surface area contributed by atoms with Gasteiger partial charge >= 0.3 is 0 Å². The standard InChI is InChI=1S/C35H62O3/c1-5-34(27-15-11-9-12-16-27,29-19-23-31(24-20-29)37-7-3)33(36)35(6-2,28-17-13-10-14-18-28)30-21-25-32(26-22-30)38-8-4/h27-32H,5-26H2,1-4H3. The van der Waals surface area contributed by atoms with E-state index in [9.17, 15) is 0 Å². The summed E-state index contributed by atoms with van der Waals surface area (Å²) < 4.78 is 12.2. The molecule has 220 valence electrons. The van der Waals surface area contributed by atoms with Gasteiger partial charge in [0.25, 0.3) is 0 Å². The number of ether oxygens (including phenoxy) is 2. The highest BCUT2D eigenvalue weighted by Gasteiger charge is 2.60. The Morgan fingerprint density at radius 2 is 0.816 bits per heavy atom. The van der Waals surface area contributed by atoms with Gasteiger partial charge in [-0.2, -0.15) is 0 Å². The van der Waals surface area contributed by atoms with Gasteiger partial charge < -0.3 is 9.47 Å². The molecule has 0 aromatic carbocycles. The van der Waals surface area contributed by atoms with Crippen molar-refractivity contribution in [2.75, 3.05) is 13.2 Å². The van der Waals surface area contributed by atoms with Crippen molar-refractivity contribution in [2.45, 2.75) is 168 Å². The van der Waals surface area contributed by atoms with Crippen LogP contribution in [0.2, 0.25) is 0 Å². The number of hydrogen-bond donors (Lipinski definition) is 0. The van der Waals surface area contributed by atoms with Gasteiger partial charge in [0.2, 0.25) is 0 Å². The SMILES string of the molecule is CCOC1CCC(C(CC)(C(=O)C(CC)(C2CCCCC2)C2CCC(OCC)CC2)C2CCCCC2)CC1. The number of rotatable bonds is 12. The van der Waals surface area contributed by atoms with Crippen LogP contribution in [0.15, 0.2) is 0 Å². The van der Waals surface area contributed by atoms with Gasteiger partial charge in [-0.05, 0) is 127 Å². The fourth-order valence-corrected chi connectivity index (χ4v) is 10.5. The van der Waals surface area contributed by atoms with Crippen molar-refractivity contribution in [2.24, 2.45) is 34.5 Å². The Morgan fingerprint density at radius 3 is 1.11 bits per heavy atom. The maximum absolute atomic E-state index is 15.9. The zero-order valence-electron chi connectivity index (χ0n) is 25.7. The molecule has 0 heterocycles. The van der Waals surface area contributed by atoms with Crippen LogP contribution < -0.4 is 0 Å². The molecule has 0 aromatic rings. The van der Waals surface area contributed by atoms with Crippen molar-refractivity contribution in [1.82, 2.24) is 0 Å². The van der Waals surface area contributed by atoms with E-state index < -0.39 is 0 Å². The summed E-state index contributed by atoms with van der Waals surface area (Å²) in [6.07, 6.45) is 25.5. The van der Waals surface area contributed by atoms with Crippen molar-refractivity contribution in [3.05, 3.63) is 0 Å². The minimum atomic E-state index is -0.123. The highest BCUT2D eigenvalue weighted by molar-refractivity contribution is 5.91. The van der Waals surface area contributed by atoms with E-state index in [-0.39, 0.29) is 10.8 Å². The van der Waals surface area contributed by atoms with Gasteiger partial charge in [-0.3, -0.25) is 4.79 Å². The molecule has 4 fully saturated rings. The van der Waals surface area contributed by atoms with Crippen LogP contribution >= 0.6 is 0 Å². The summed E-state index contributed by atoms with van der Waals surface area (Å²) in [7, 11) is 0. The highest BCUT2D eigenvalue weighted by atomic mass is 16.5. The van der Waals surface area contributed by atoms with Crippen LogP contribution in [0.25, 0.3) is 0 Å². The van der Waals surface area contributed by atoms with Crippen molar-refractivity contribution in [3.63, 3.8) is 0 Å². The Bertz CT molecular complexity index is 634. The molecule has 4 rings (SSSR count). The number of hydrogen-bond acceptors (Lipinski definition) is 3. The van der Waals surface area contributed by atoms with Gasteiger partial charge in [-0.1, -0.05) is 52.4 Å². The van der Waals surface area contributed by atoms with Gasteiger partial charge in [0.05, 0.1) is 12.2 Å². The van der Waals surface area contributed by atoms with Gasteiger partial charge in [0.15, 0.2) is 0 Å². The van der Waals surface area contributed by atoms with Crippen molar-refractivity contribution in [1.29, 1.82) is 0 Å². The van der Waals surface area contributed by atoms with Crippen LogP contribution in [-0.2, 0) is 14.3 Å². The predicted molar refractivity (Wildman–Crippen MR) is 158 cm³/mol. The van der Waals surface area contributed by atoms with Crippen LogP contribution in [0.5, 0.6) is 0 Å². The van der Waals surface area contributed by atoms with E-state index >= 15 is 4.79 Å². The summed E-state index contributed by atoms with van der Waals surface area (Å²) in [4.78, 5) is 15.9. The maximum Gasteiger partial charge on any atom is 0.146 e. The first-order valence-corrected chi connectivity index (χ1v) is 17.3. The third-order valence-corrected chi connectivity index (χ3v) is 12.3. The molecule has 3 nitrogen and oxygen atoms in total. The van der Waals surface area contributed by atoms with E-state index in [1.54, 1.807) is 0 Å². The monoisotopic (exact) mass is 530 g/mol. The third kappa shape index (κ3) is 6.09. The molecule has 38 heavy (non-hydrogen) atoms. The molecule has 2 unspecified atom stereocenters. The van der Waals surface area contributed by atoms with E-state index in [1.165, 1.54) is 89.9 Å². The lowest BCUT2D eigenvalue weighted by Gasteiger charge is -2.57. The average Bonchev–Trinajstić information content (AvgIpc) is 2.97. The van der Waals surface area contributed by atoms with Crippen LogP contribution in [0, 0.1) is 34.5 Å². The summed E-state index contributed by atoms with van der Waals surface area (Å²) in [5, 5.41) is 0. The summed E-state index contributed by atoms with van der Waals surface area (Å²) in [6, 6.07) is 0. The second-order valence-electron chi connectivity index (χ2n) is 13.6. The minimum Gasteiger partial charge on any atom is -0.379 e. The zero-order valence-corrected chi connectivity index (χ0v) is 25.7. The summed E-state index contributed by atoms with van der Waals surface area (Å²) in [6.45, 7) is 10.7. The molecule has 0 aliphatic heterocycles. The van der Waals surface area contributed by atoms with Gasteiger partial charge in [-0.15, -0.1) is 0 Å². The predicted octanol–water partition coefficient (Wildman–Crippen LogP) is 9.70. The molecule has 0 radical (unpaired) electrons. The third-order valence-electron chi connectivity index (χ3n) is 12.3. The normalized spacial score (nSPS) is 33.4. The number of carbonyl (C=O) groups excluding carboxylic acids is 1. The lowest BCUT2D eigenvalue weighted by Crippen LogP contribution is -2.58. The Balaban J connectivity index is 1.72. The summed E-state index contributed by atoms with van der Waals surface area (Å²) in [5.41, 5.74) is -0.246. The Morgan fingerprint density at radius 1 is 0.500 bits per heavy atom. The van der Waals surface area contributed by atoms with Gasteiger partial charge in [0, 0.05) is 24.0 Å². The van der Waals surface area contributed by atoms with E-state index in [2.05, 4.69) is 27.7 Å². The van der Waals surface area contributed by atoms with E-state index in [0.717, 1.165) is 57.5 Å². The lowest BCUT2D eigenvalue weighted by atomic mass is 9.45. The van der Waals surface area contributed by atoms with Crippen LogP contribution in [0.4, 0.5) is 0 Å². The molecule has 0 amide bonds. The molecular weight excluding hydrogens is 468 g/mol. The first-order valence-electron chi connectivity index (χ1n) is 17.3. The lowest BCUT2D eigenvalue weighted by molar-refractivity contribution is -0.164. The maximum atomic E-state index is 15.9. The van der Waals surface area contributed by atoms with Crippen LogP contribution in [0.3, 0.4) is 0 Å². The van der Waals surface area contributed by atoms with Crippen LogP contribution in [0.1, 0.15) is 156 Å². The van der Waals surface area contributed by atoms with E-state index in [0.29, 0.717) is 35.9 Å². The quantitative estimate of drug-likeness (QED) is 0.252. The molecule has 0 N–H and O–H groups in total. The Kier molecular flexibility index (Phi) is 11.6. The largest absolute Gasteiger partial charge is 0.379 e. The topological polar surface area (TPSA) is 35.5 Å². The van der Waals surface area contributed by atoms with Gasteiger partial charge in [0.1, 0.15) is 5.78 Å². The second-order valence-corrected chi connectivity index (χ2v) is 13.6. The number of carbonyl (C=O) groups is 1. The molecule has 4 aliphatic rings. The van der Waals surface area contributed by atoms with E-state index in [4.69, 9.17) is 9.47 Å². The summed E-state index contributed by atoms with van der Waals surface area (Å²) in [5.74, 6) is 3.06. The molecule has 0 bridgehead atoms. The first-order chi connectivity index (χ1) is 18.6. The zero-order chi connectivity index (χ0) is 27.0. The molecule has 3 heteroatoms. The fraction of sp³-hybridized carbons (Fsp3) is 0.971. The molecule has 2 atom stereocenters. The summed E-state index contributed by atoms with van der Waals surface area (Å²) >= 11 is 0. The average molecular weight is 531 g/mol. The second kappa shape index (κ2) is 14.5. The van der Waals surface area contributed by atoms with Crippen molar-refractivity contribution in [3.8, 4) is 0 Å². The highest BCUT2D eigenvalue weighted by Crippen LogP contribution is 2.61. The Labute approximate surface area is 236 Å². The molecule has 4 aliphatic carbocycles. The molecule has 0 saturated heterocycles. The smallest absolute Gasteiger partial charge is 0.146 e. The van der Waals surface area contributed by atoms with E-state index in [1.807, 2.05) is 0 Å². The number of ketones is 1. The van der Waals surface area contributed by atoms with Crippen LogP contribution in [-0.4, -0.2) is 31.2 Å². The Hall–Kier alpha value is -0.410. The minimum absolute atomic E-state index is 0.123. The van der Waals surface area contributed by atoms with Crippen molar-refractivity contribution >= 4 is 5.78 Å². The molecule has 4 saturated carbocycles. The molecule has 0 aromatic heterocycles. The van der Waals surface area contributed by atoms with Gasteiger partial charge in [-0.25, -0.2) is 0 Å². The first kappa shape index (κ1) is 30.5.